The molecule has 0 amide bonds. The van der Waals surface area contributed by atoms with Gasteiger partial charge in [0.25, 0.3) is 0 Å². The molecular formula is C14H11Cl3FNO3S. The van der Waals surface area contributed by atoms with E-state index in [1.165, 1.54) is 30.3 Å². The molecule has 0 spiro atoms. The van der Waals surface area contributed by atoms with Crippen molar-refractivity contribution in [3.8, 4) is 5.75 Å². The molecule has 124 valence electrons. The first-order chi connectivity index (χ1) is 10.8. The van der Waals surface area contributed by atoms with Crippen LogP contribution in [0.25, 0.3) is 0 Å². The Morgan fingerprint density at radius 1 is 1.00 bits per heavy atom. The second-order valence-corrected chi connectivity index (χ2v) is 7.39. The zero-order chi connectivity index (χ0) is 17.0. The van der Waals surface area contributed by atoms with Gasteiger partial charge in [-0.25, -0.2) is 17.5 Å². The molecule has 4 nitrogen and oxygen atoms in total. The third-order valence-electron chi connectivity index (χ3n) is 2.75. The summed E-state index contributed by atoms with van der Waals surface area (Å²) >= 11 is 17.3. The first-order valence-electron chi connectivity index (χ1n) is 6.32. The lowest BCUT2D eigenvalue weighted by Crippen LogP contribution is -2.28. The first kappa shape index (κ1) is 18.3. The second kappa shape index (κ2) is 7.68. The van der Waals surface area contributed by atoms with Gasteiger partial charge in [-0.1, -0.05) is 34.8 Å². The van der Waals surface area contributed by atoms with Crippen LogP contribution in [0.15, 0.2) is 41.3 Å². The summed E-state index contributed by atoms with van der Waals surface area (Å²) in [6.07, 6.45) is 0. The van der Waals surface area contributed by atoms with Gasteiger partial charge in [0.1, 0.15) is 18.2 Å². The monoisotopic (exact) mass is 397 g/mol. The average Bonchev–Trinajstić information content (AvgIpc) is 2.48. The maximum atomic E-state index is 12.9. The zero-order valence-corrected chi connectivity index (χ0v) is 14.6. The second-order valence-electron chi connectivity index (χ2n) is 4.40. The molecular weight excluding hydrogens is 388 g/mol. The van der Waals surface area contributed by atoms with Crippen molar-refractivity contribution in [2.45, 2.75) is 4.90 Å². The molecule has 0 unspecified atom stereocenters. The standard InChI is InChI=1S/C14H11Cl3FNO3S/c15-11-3-2-10(8-12(11)16)23(20,21)19-5-6-22-14-4-1-9(18)7-13(14)17/h1-4,7-8,19H,5-6H2. The van der Waals surface area contributed by atoms with E-state index in [1.54, 1.807) is 0 Å². The number of ether oxygens (including phenoxy) is 1. The van der Waals surface area contributed by atoms with Crippen LogP contribution in [0.5, 0.6) is 5.75 Å². The van der Waals surface area contributed by atoms with Crippen LogP contribution >= 0.6 is 34.8 Å². The Labute approximate surface area is 148 Å². The maximum Gasteiger partial charge on any atom is 0.240 e. The van der Waals surface area contributed by atoms with Crippen LogP contribution < -0.4 is 9.46 Å². The van der Waals surface area contributed by atoms with Crippen molar-refractivity contribution in [2.24, 2.45) is 0 Å². The zero-order valence-electron chi connectivity index (χ0n) is 11.5. The van der Waals surface area contributed by atoms with Crippen molar-refractivity contribution in [3.63, 3.8) is 0 Å². The van der Waals surface area contributed by atoms with Crippen molar-refractivity contribution < 1.29 is 17.5 Å². The van der Waals surface area contributed by atoms with Crippen molar-refractivity contribution in [2.75, 3.05) is 13.2 Å². The van der Waals surface area contributed by atoms with Gasteiger partial charge in [-0.3, -0.25) is 0 Å². The highest BCUT2D eigenvalue weighted by atomic mass is 35.5. The summed E-state index contributed by atoms with van der Waals surface area (Å²) in [5.41, 5.74) is 0. The molecule has 0 bridgehead atoms. The maximum absolute atomic E-state index is 12.9. The number of hydrogen-bond acceptors (Lipinski definition) is 3. The van der Waals surface area contributed by atoms with Crippen LogP contribution in [0.2, 0.25) is 15.1 Å². The number of halogens is 4. The quantitative estimate of drug-likeness (QED) is 0.744. The van der Waals surface area contributed by atoms with Gasteiger partial charge in [0.2, 0.25) is 10.0 Å². The van der Waals surface area contributed by atoms with Gasteiger partial charge < -0.3 is 4.74 Å². The molecule has 2 aromatic rings. The molecule has 0 saturated carbocycles. The summed E-state index contributed by atoms with van der Waals surface area (Å²) in [5.74, 6) is -0.218. The number of benzene rings is 2. The largest absolute Gasteiger partial charge is 0.491 e. The van der Waals surface area contributed by atoms with E-state index in [2.05, 4.69) is 4.72 Å². The first-order valence-corrected chi connectivity index (χ1v) is 8.94. The van der Waals surface area contributed by atoms with Crippen molar-refractivity contribution in [1.82, 2.24) is 4.72 Å². The summed E-state index contributed by atoms with van der Waals surface area (Å²) in [4.78, 5) is -0.00767. The fraction of sp³-hybridized carbons (Fsp3) is 0.143. The number of sulfonamides is 1. The summed E-state index contributed by atoms with van der Waals surface area (Å²) in [5, 5.41) is 0.515. The third-order valence-corrected chi connectivity index (χ3v) is 5.24. The Kier molecular flexibility index (Phi) is 6.11. The van der Waals surface area contributed by atoms with Crippen LogP contribution in [-0.2, 0) is 10.0 Å². The van der Waals surface area contributed by atoms with Crippen molar-refractivity contribution >= 4 is 44.8 Å². The molecule has 0 heterocycles. The van der Waals surface area contributed by atoms with E-state index in [0.29, 0.717) is 0 Å². The minimum Gasteiger partial charge on any atom is -0.491 e. The van der Waals surface area contributed by atoms with Gasteiger partial charge in [0.05, 0.1) is 20.0 Å². The molecule has 0 atom stereocenters. The molecule has 2 aromatic carbocycles. The molecule has 9 heteroatoms. The Morgan fingerprint density at radius 2 is 1.74 bits per heavy atom. The predicted molar refractivity (Wildman–Crippen MR) is 88.6 cm³/mol. The highest BCUT2D eigenvalue weighted by molar-refractivity contribution is 7.89. The van der Waals surface area contributed by atoms with Crippen LogP contribution in [0.3, 0.4) is 0 Å². The Bertz CT molecular complexity index is 815. The van der Waals surface area contributed by atoms with Crippen molar-refractivity contribution in [1.29, 1.82) is 0 Å². The van der Waals surface area contributed by atoms with E-state index in [4.69, 9.17) is 39.5 Å². The lowest BCUT2D eigenvalue weighted by atomic mass is 10.3. The highest BCUT2D eigenvalue weighted by Crippen LogP contribution is 2.25. The molecule has 0 aliphatic carbocycles. The topological polar surface area (TPSA) is 55.4 Å². The van der Waals surface area contributed by atoms with Crippen LogP contribution in [-0.4, -0.2) is 21.6 Å². The lowest BCUT2D eigenvalue weighted by Gasteiger charge is -2.10. The smallest absolute Gasteiger partial charge is 0.240 e. The van der Waals surface area contributed by atoms with Gasteiger partial charge in [-0.2, -0.15) is 0 Å². The van der Waals surface area contributed by atoms with Gasteiger partial charge in [0.15, 0.2) is 0 Å². The number of nitrogens with one attached hydrogen (secondary N) is 1. The van der Waals surface area contributed by atoms with Gasteiger partial charge in [-0.15, -0.1) is 0 Å². The van der Waals surface area contributed by atoms with Crippen LogP contribution in [0.1, 0.15) is 0 Å². The van der Waals surface area contributed by atoms with Gasteiger partial charge in [0, 0.05) is 6.54 Å². The fourth-order valence-electron chi connectivity index (χ4n) is 1.66. The molecule has 0 aliphatic heterocycles. The molecule has 0 saturated heterocycles. The highest BCUT2D eigenvalue weighted by Gasteiger charge is 2.15. The Morgan fingerprint density at radius 3 is 2.39 bits per heavy atom. The number of hydrogen-bond donors (Lipinski definition) is 1. The molecule has 1 N–H and O–H groups in total. The molecule has 0 radical (unpaired) electrons. The molecule has 0 fully saturated rings. The molecule has 0 aliphatic rings. The average molecular weight is 399 g/mol. The normalized spacial score (nSPS) is 11.5. The minimum atomic E-state index is -3.74. The van der Waals surface area contributed by atoms with Crippen LogP contribution in [0.4, 0.5) is 4.39 Å². The summed E-state index contributed by atoms with van der Waals surface area (Å²) in [7, 11) is -3.74. The van der Waals surface area contributed by atoms with E-state index in [0.717, 1.165) is 6.07 Å². The third kappa shape index (κ3) is 4.96. The van der Waals surface area contributed by atoms with E-state index in [-0.39, 0.29) is 38.9 Å². The summed E-state index contributed by atoms with van der Waals surface area (Å²) < 4.78 is 44.7. The van der Waals surface area contributed by atoms with Gasteiger partial charge >= 0.3 is 0 Å². The fourth-order valence-corrected chi connectivity index (χ4v) is 3.28. The summed E-state index contributed by atoms with van der Waals surface area (Å²) in [6.45, 7) is 0.0161. The van der Waals surface area contributed by atoms with E-state index >= 15 is 0 Å². The lowest BCUT2D eigenvalue weighted by molar-refractivity contribution is 0.322. The molecule has 2 rings (SSSR count). The van der Waals surface area contributed by atoms with Gasteiger partial charge in [-0.05, 0) is 36.4 Å². The van der Waals surface area contributed by atoms with E-state index < -0.39 is 15.8 Å². The molecule has 0 aromatic heterocycles. The SMILES string of the molecule is O=S(=O)(NCCOc1ccc(F)cc1Cl)c1ccc(Cl)c(Cl)c1. The van der Waals surface area contributed by atoms with E-state index in [1.807, 2.05) is 0 Å². The predicted octanol–water partition coefficient (Wildman–Crippen LogP) is 4.14. The Balaban J connectivity index is 1.93. The number of rotatable bonds is 6. The van der Waals surface area contributed by atoms with Crippen molar-refractivity contribution in [3.05, 3.63) is 57.3 Å². The minimum absolute atomic E-state index is 0.00369. The summed E-state index contributed by atoms with van der Waals surface area (Å²) in [6, 6.07) is 7.66. The van der Waals surface area contributed by atoms with E-state index in [9.17, 15) is 12.8 Å². The molecule has 23 heavy (non-hydrogen) atoms. The Hall–Kier alpha value is -1.05. The van der Waals surface area contributed by atoms with Crippen LogP contribution in [0, 0.1) is 5.82 Å².